The van der Waals surface area contributed by atoms with E-state index in [9.17, 15) is 14.0 Å². The lowest BCUT2D eigenvalue weighted by Gasteiger charge is -2.26. The quantitative estimate of drug-likeness (QED) is 0.498. The van der Waals surface area contributed by atoms with Crippen LogP contribution in [0.5, 0.6) is 0 Å². The topological polar surface area (TPSA) is 83.9 Å². The summed E-state index contributed by atoms with van der Waals surface area (Å²) in [7, 11) is 0. The number of fused-ring (bicyclic) bond motifs is 2. The van der Waals surface area contributed by atoms with Crippen molar-refractivity contribution in [2.75, 3.05) is 6.54 Å². The van der Waals surface area contributed by atoms with Gasteiger partial charge in [-0.3, -0.25) is 14.3 Å². The van der Waals surface area contributed by atoms with Crippen molar-refractivity contribution in [2.24, 2.45) is 5.92 Å². The van der Waals surface area contributed by atoms with E-state index in [1.54, 1.807) is 29.2 Å². The molecule has 34 heavy (non-hydrogen) atoms. The van der Waals surface area contributed by atoms with E-state index in [2.05, 4.69) is 21.5 Å². The first-order valence-electron chi connectivity index (χ1n) is 11.6. The lowest BCUT2D eigenvalue weighted by atomic mass is 10.0. The second-order valence-corrected chi connectivity index (χ2v) is 9.28. The molecule has 1 fully saturated rings. The summed E-state index contributed by atoms with van der Waals surface area (Å²) < 4.78 is 16.7. The predicted molar refractivity (Wildman–Crippen MR) is 125 cm³/mol. The summed E-state index contributed by atoms with van der Waals surface area (Å²) in [5, 5.41) is 12.7. The first-order chi connectivity index (χ1) is 16.5. The third kappa shape index (κ3) is 3.89. The summed E-state index contributed by atoms with van der Waals surface area (Å²) in [5.41, 5.74) is 3.30. The molecular formula is C26H24FN5O2. The molecule has 0 radical (unpaired) electrons. The zero-order chi connectivity index (χ0) is 23.2. The number of carbonyl (C=O) groups is 1. The molecule has 4 aromatic rings. The number of benzene rings is 2. The highest BCUT2D eigenvalue weighted by molar-refractivity contribution is 5.95. The highest BCUT2D eigenvalue weighted by atomic mass is 19.1. The molecule has 2 aromatic carbocycles. The van der Waals surface area contributed by atoms with Crippen molar-refractivity contribution in [3.05, 3.63) is 92.9 Å². The van der Waals surface area contributed by atoms with Crippen molar-refractivity contribution in [3.63, 3.8) is 0 Å². The average Bonchev–Trinajstić information content (AvgIpc) is 3.57. The molecule has 8 heteroatoms. The van der Waals surface area contributed by atoms with Gasteiger partial charge in [-0.2, -0.15) is 10.2 Å². The van der Waals surface area contributed by atoms with Gasteiger partial charge in [-0.15, -0.1) is 0 Å². The summed E-state index contributed by atoms with van der Waals surface area (Å²) in [4.78, 5) is 27.0. The number of nitrogens with zero attached hydrogens (tertiary/aromatic N) is 4. The molecular weight excluding hydrogens is 433 g/mol. The Morgan fingerprint density at radius 3 is 2.79 bits per heavy atom. The summed E-state index contributed by atoms with van der Waals surface area (Å²) in [6, 6.07) is 11.8. The zero-order valence-electron chi connectivity index (χ0n) is 18.6. The summed E-state index contributed by atoms with van der Waals surface area (Å²) >= 11 is 0. The van der Waals surface area contributed by atoms with Gasteiger partial charge in [-0.25, -0.2) is 9.49 Å². The Kier molecular flexibility index (Phi) is 5.01. The van der Waals surface area contributed by atoms with Crippen LogP contribution in [0, 0.1) is 11.7 Å². The maximum absolute atomic E-state index is 14.7. The number of aromatic amines is 1. The summed E-state index contributed by atoms with van der Waals surface area (Å²) in [6.07, 6.45) is 5.70. The SMILES string of the molecule is O=C(c1cc(Cc2n[nH]c(=O)c3ccccc23)ccc1F)N1CCc2cn(CC3CC3)nc2C1. The molecule has 0 saturated heterocycles. The van der Waals surface area contributed by atoms with E-state index in [4.69, 9.17) is 0 Å². The number of halogens is 1. The molecule has 0 bridgehead atoms. The number of nitrogens with one attached hydrogen (secondary N) is 1. The van der Waals surface area contributed by atoms with Crippen LogP contribution < -0.4 is 5.56 Å². The van der Waals surface area contributed by atoms with E-state index in [0.717, 1.165) is 35.5 Å². The minimum absolute atomic E-state index is 0.0482. The van der Waals surface area contributed by atoms with Gasteiger partial charge < -0.3 is 4.90 Å². The lowest BCUT2D eigenvalue weighted by molar-refractivity contribution is 0.0727. The first kappa shape index (κ1) is 20.8. The maximum Gasteiger partial charge on any atom is 0.272 e. The molecule has 7 nitrogen and oxygen atoms in total. The third-order valence-electron chi connectivity index (χ3n) is 6.75. The van der Waals surface area contributed by atoms with Gasteiger partial charge in [0.15, 0.2) is 0 Å². The van der Waals surface area contributed by atoms with Gasteiger partial charge in [0.25, 0.3) is 11.5 Å². The van der Waals surface area contributed by atoms with Crippen molar-refractivity contribution >= 4 is 16.7 Å². The van der Waals surface area contributed by atoms with Gasteiger partial charge in [0.05, 0.1) is 28.9 Å². The van der Waals surface area contributed by atoms with Crippen molar-refractivity contribution in [2.45, 2.75) is 38.8 Å². The number of hydrogen-bond acceptors (Lipinski definition) is 4. The van der Waals surface area contributed by atoms with Crippen molar-refractivity contribution < 1.29 is 9.18 Å². The first-order valence-corrected chi connectivity index (χ1v) is 11.6. The van der Waals surface area contributed by atoms with E-state index in [-0.39, 0.29) is 17.0 Å². The van der Waals surface area contributed by atoms with Gasteiger partial charge >= 0.3 is 0 Å². The normalized spacial score (nSPS) is 15.5. The van der Waals surface area contributed by atoms with E-state index < -0.39 is 5.82 Å². The zero-order valence-corrected chi connectivity index (χ0v) is 18.6. The molecule has 0 unspecified atom stereocenters. The highest BCUT2D eigenvalue weighted by Gasteiger charge is 2.28. The minimum Gasteiger partial charge on any atom is -0.332 e. The van der Waals surface area contributed by atoms with E-state index >= 15 is 0 Å². The molecule has 0 atom stereocenters. The van der Waals surface area contributed by atoms with Crippen LogP contribution in [0.25, 0.3) is 10.8 Å². The Morgan fingerprint density at radius 2 is 1.97 bits per heavy atom. The van der Waals surface area contributed by atoms with Crippen LogP contribution in [0.4, 0.5) is 4.39 Å². The Bertz CT molecular complexity index is 1470. The smallest absolute Gasteiger partial charge is 0.272 e. The van der Waals surface area contributed by atoms with Gasteiger partial charge in [-0.05, 0) is 54.5 Å². The standard InChI is InChI=1S/C26H24FN5O2/c27-22-8-7-17(12-23-19-3-1-2-4-20(19)25(33)29-28-23)11-21(22)26(34)31-10-9-18-14-32(13-16-5-6-16)30-24(18)15-31/h1-4,7-8,11,14,16H,5-6,9-10,12-13,15H2,(H,29,33). The largest absolute Gasteiger partial charge is 0.332 e. The molecule has 2 aliphatic rings. The molecule has 6 rings (SSSR count). The Morgan fingerprint density at radius 1 is 1.15 bits per heavy atom. The fraction of sp³-hybridized carbons (Fsp3) is 0.308. The molecule has 1 N–H and O–H groups in total. The van der Waals surface area contributed by atoms with E-state index in [1.807, 2.05) is 16.8 Å². The molecule has 3 heterocycles. The number of rotatable bonds is 5. The Balaban J connectivity index is 1.24. The third-order valence-corrected chi connectivity index (χ3v) is 6.75. The summed E-state index contributed by atoms with van der Waals surface area (Å²) in [5.74, 6) is -0.149. The lowest BCUT2D eigenvalue weighted by Crippen LogP contribution is -2.36. The van der Waals surface area contributed by atoms with Crippen LogP contribution in [0.15, 0.2) is 53.5 Å². The van der Waals surface area contributed by atoms with Crippen LogP contribution in [-0.2, 0) is 25.9 Å². The summed E-state index contributed by atoms with van der Waals surface area (Å²) in [6.45, 7) is 1.86. The van der Waals surface area contributed by atoms with Crippen molar-refractivity contribution in [3.8, 4) is 0 Å². The van der Waals surface area contributed by atoms with Crippen LogP contribution in [-0.4, -0.2) is 37.3 Å². The molecule has 172 valence electrons. The van der Waals surface area contributed by atoms with Crippen molar-refractivity contribution in [1.29, 1.82) is 0 Å². The highest BCUT2D eigenvalue weighted by Crippen LogP contribution is 2.31. The van der Waals surface area contributed by atoms with E-state index in [1.165, 1.54) is 24.5 Å². The van der Waals surface area contributed by atoms with Gasteiger partial charge in [-0.1, -0.05) is 24.3 Å². The molecule has 1 aliphatic carbocycles. The number of H-pyrrole nitrogens is 1. The van der Waals surface area contributed by atoms with Crippen molar-refractivity contribution in [1.82, 2.24) is 24.9 Å². The van der Waals surface area contributed by atoms with Gasteiger partial charge in [0.2, 0.25) is 0 Å². The van der Waals surface area contributed by atoms with Crippen LogP contribution in [0.1, 0.15) is 45.7 Å². The Hall–Kier alpha value is -3.81. The molecule has 1 aliphatic heterocycles. The molecule has 2 aromatic heterocycles. The number of hydrogen-bond donors (Lipinski definition) is 1. The van der Waals surface area contributed by atoms with E-state index in [0.29, 0.717) is 30.6 Å². The second-order valence-electron chi connectivity index (χ2n) is 9.28. The number of aromatic nitrogens is 4. The molecule has 0 spiro atoms. The molecule has 1 amide bonds. The van der Waals surface area contributed by atoms with Gasteiger partial charge in [0.1, 0.15) is 5.82 Å². The molecule has 1 saturated carbocycles. The minimum atomic E-state index is -0.543. The van der Waals surface area contributed by atoms with Crippen LogP contribution >= 0.6 is 0 Å². The fourth-order valence-corrected chi connectivity index (χ4v) is 4.71. The fourth-order valence-electron chi connectivity index (χ4n) is 4.71. The monoisotopic (exact) mass is 457 g/mol. The van der Waals surface area contributed by atoms with Crippen LogP contribution in [0.2, 0.25) is 0 Å². The number of carbonyl (C=O) groups excluding carboxylic acids is 1. The van der Waals surface area contributed by atoms with Gasteiger partial charge in [0, 0.05) is 31.1 Å². The number of amides is 1. The average molecular weight is 458 g/mol. The van der Waals surface area contributed by atoms with Crippen LogP contribution in [0.3, 0.4) is 0 Å². The predicted octanol–water partition coefficient (Wildman–Crippen LogP) is 3.46. The second kappa shape index (κ2) is 8.20. The Labute approximate surface area is 195 Å². The maximum atomic E-state index is 14.7.